The number of hydrogen-bond donors (Lipinski definition) is 2. The van der Waals surface area contributed by atoms with E-state index in [1.54, 1.807) is 31.2 Å². The highest BCUT2D eigenvalue weighted by atomic mass is 16.4. The van der Waals surface area contributed by atoms with Crippen LogP contribution in [-0.2, 0) is 0 Å². The fourth-order valence-electron chi connectivity index (χ4n) is 1.37. The van der Waals surface area contributed by atoms with E-state index < -0.39 is 0 Å². The van der Waals surface area contributed by atoms with Gasteiger partial charge in [-0.3, -0.25) is 10.1 Å². The van der Waals surface area contributed by atoms with Gasteiger partial charge >= 0.3 is 6.01 Å². The molecule has 1 aromatic heterocycles. The summed E-state index contributed by atoms with van der Waals surface area (Å²) in [5.74, 6) is 5.69. The Hall–Kier alpha value is -2.65. The van der Waals surface area contributed by atoms with Gasteiger partial charge in [-0.2, -0.15) is 0 Å². The highest BCUT2D eigenvalue weighted by molar-refractivity contribution is 6.03. The number of aryl methyl sites for hydroxylation is 1. The van der Waals surface area contributed by atoms with Crippen LogP contribution >= 0.6 is 0 Å². The van der Waals surface area contributed by atoms with Crippen LogP contribution in [-0.4, -0.2) is 22.6 Å². The van der Waals surface area contributed by atoms with E-state index in [2.05, 4.69) is 27.4 Å². The second kappa shape index (κ2) is 5.80. The number of benzene rings is 1. The zero-order valence-corrected chi connectivity index (χ0v) is 10.3. The molecule has 0 atom stereocenters. The van der Waals surface area contributed by atoms with E-state index in [1.165, 1.54) is 0 Å². The third-order valence-corrected chi connectivity index (χ3v) is 2.23. The van der Waals surface area contributed by atoms with Crippen molar-refractivity contribution < 1.29 is 9.21 Å². The summed E-state index contributed by atoms with van der Waals surface area (Å²) in [5.41, 5.74) is 6.56. The number of nitrogens with one attached hydrogen (secondary N) is 1. The molecule has 2 aromatic rings. The van der Waals surface area contributed by atoms with Crippen LogP contribution in [0.1, 0.15) is 21.8 Å². The molecule has 3 N–H and O–H groups in total. The van der Waals surface area contributed by atoms with Gasteiger partial charge in [-0.1, -0.05) is 16.9 Å². The fraction of sp³-hybridized carbons (Fsp3) is 0.154. The predicted molar refractivity (Wildman–Crippen MR) is 69.4 cm³/mol. The summed E-state index contributed by atoms with van der Waals surface area (Å²) in [6, 6.07) is 6.90. The van der Waals surface area contributed by atoms with Crippen molar-refractivity contribution in [3.8, 4) is 11.8 Å². The molecule has 0 fully saturated rings. The van der Waals surface area contributed by atoms with Gasteiger partial charge in [0.25, 0.3) is 5.91 Å². The highest BCUT2D eigenvalue weighted by Gasteiger charge is 2.09. The smallest absolute Gasteiger partial charge is 0.322 e. The average Bonchev–Trinajstić information content (AvgIpc) is 2.82. The first-order valence-corrected chi connectivity index (χ1v) is 5.59. The monoisotopic (exact) mass is 256 g/mol. The number of amides is 1. The van der Waals surface area contributed by atoms with E-state index in [0.717, 1.165) is 5.56 Å². The van der Waals surface area contributed by atoms with E-state index in [4.69, 9.17) is 10.2 Å². The van der Waals surface area contributed by atoms with Gasteiger partial charge in [0.1, 0.15) is 0 Å². The van der Waals surface area contributed by atoms with Crippen molar-refractivity contribution in [2.45, 2.75) is 6.92 Å². The lowest BCUT2D eigenvalue weighted by Crippen LogP contribution is -2.12. The van der Waals surface area contributed by atoms with Gasteiger partial charge in [0.15, 0.2) is 0 Å². The summed E-state index contributed by atoms with van der Waals surface area (Å²) >= 11 is 0. The molecule has 1 amide bonds. The molecule has 0 spiro atoms. The predicted octanol–water partition coefficient (Wildman–Crippen LogP) is 0.941. The van der Waals surface area contributed by atoms with Gasteiger partial charge in [-0.15, -0.1) is 5.10 Å². The summed E-state index contributed by atoms with van der Waals surface area (Å²) in [5, 5.41) is 9.81. The molecule has 2 rings (SSSR count). The molecule has 0 radical (unpaired) electrons. The van der Waals surface area contributed by atoms with Crippen LogP contribution in [0.15, 0.2) is 28.7 Å². The molecule has 19 heavy (non-hydrogen) atoms. The first-order valence-electron chi connectivity index (χ1n) is 5.59. The van der Waals surface area contributed by atoms with Crippen LogP contribution < -0.4 is 11.1 Å². The Labute approximate surface area is 110 Å². The van der Waals surface area contributed by atoms with Crippen LogP contribution in [0.5, 0.6) is 0 Å². The Bertz CT molecular complexity index is 635. The molecular formula is C13H12N4O2. The summed E-state index contributed by atoms with van der Waals surface area (Å²) in [6.45, 7) is 1.95. The maximum Gasteiger partial charge on any atom is 0.322 e. The van der Waals surface area contributed by atoms with E-state index in [-0.39, 0.29) is 11.9 Å². The van der Waals surface area contributed by atoms with Crippen LogP contribution in [0, 0.1) is 18.8 Å². The molecule has 0 saturated heterocycles. The summed E-state index contributed by atoms with van der Waals surface area (Å²) in [7, 11) is 0. The number of rotatable bonds is 2. The molecule has 0 bridgehead atoms. The fourth-order valence-corrected chi connectivity index (χ4v) is 1.37. The highest BCUT2D eigenvalue weighted by Crippen LogP contribution is 2.08. The molecule has 96 valence electrons. The van der Waals surface area contributed by atoms with Crippen molar-refractivity contribution in [3.05, 3.63) is 41.3 Å². The second-order valence-corrected chi connectivity index (χ2v) is 3.66. The van der Waals surface area contributed by atoms with Gasteiger partial charge in [-0.05, 0) is 24.3 Å². The third kappa shape index (κ3) is 3.40. The standard InChI is InChI=1S/C13H12N4O2/c1-9-16-17-13(19-9)15-12(18)11-6-4-10(5-7-11)3-2-8-14/h4-7H,8,14H2,1H3,(H,15,17,18). The Balaban J connectivity index is 2.07. The summed E-state index contributed by atoms with van der Waals surface area (Å²) < 4.78 is 5.06. The summed E-state index contributed by atoms with van der Waals surface area (Å²) in [4.78, 5) is 11.9. The van der Waals surface area contributed by atoms with Crippen molar-refractivity contribution in [1.82, 2.24) is 10.2 Å². The zero-order chi connectivity index (χ0) is 13.7. The van der Waals surface area contributed by atoms with Crippen molar-refractivity contribution in [1.29, 1.82) is 0 Å². The number of carbonyl (C=O) groups excluding carboxylic acids is 1. The lowest BCUT2D eigenvalue weighted by molar-refractivity contribution is 0.102. The largest absolute Gasteiger partial charge is 0.408 e. The van der Waals surface area contributed by atoms with Gasteiger partial charge in [-0.25, -0.2) is 0 Å². The van der Waals surface area contributed by atoms with Crippen molar-refractivity contribution in [2.75, 3.05) is 11.9 Å². The maximum atomic E-state index is 11.9. The van der Waals surface area contributed by atoms with Crippen LogP contribution in [0.3, 0.4) is 0 Å². The van der Waals surface area contributed by atoms with E-state index in [1.807, 2.05) is 0 Å². The van der Waals surface area contributed by atoms with Crippen molar-refractivity contribution in [3.63, 3.8) is 0 Å². The molecule has 6 nitrogen and oxygen atoms in total. The normalized spacial score (nSPS) is 9.58. The molecule has 0 aliphatic heterocycles. The zero-order valence-electron chi connectivity index (χ0n) is 10.3. The Morgan fingerprint density at radius 3 is 2.68 bits per heavy atom. The first-order chi connectivity index (χ1) is 9.19. The lowest BCUT2D eigenvalue weighted by Gasteiger charge is -2.00. The lowest BCUT2D eigenvalue weighted by atomic mass is 10.1. The van der Waals surface area contributed by atoms with Crippen molar-refractivity contribution in [2.24, 2.45) is 5.73 Å². The van der Waals surface area contributed by atoms with Crippen LogP contribution in [0.25, 0.3) is 0 Å². The number of carbonyl (C=O) groups is 1. The number of hydrogen-bond acceptors (Lipinski definition) is 5. The van der Waals surface area contributed by atoms with Gasteiger partial charge in [0.05, 0.1) is 6.54 Å². The minimum absolute atomic E-state index is 0.0782. The number of aromatic nitrogens is 2. The molecule has 0 aliphatic rings. The topological polar surface area (TPSA) is 94.0 Å². The van der Waals surface area contributed by atoms with E-state index in [9.17, 15) is 4.79 Å². The molecule has 1 aromatic carbocycles. The number of nitrogens with two attached hydrogens (primary N) is 1. The Kier molecular flexibility index (Phi) is 3.90. The van der Waals surface area contributed by atoms with Crippen LogP contribution in [0.2, 0.25) is 0 Å². The quantitative estimate of drug-likeness (QED) is 0.780. The Morgan fingerprint density at radius 1 is 1.37 bits per heavy atom. The Morgan fingerprint density at radius 2 is 2.11 bits per heavy atom. The minimum Gasteiger partial charge on any atom is -0.408 e. The molecule has 0 unspecified atom stereocenters. The molecule has 0 saturated carbocycles. The van der Waals surface area contributed by atoms with E-state index in [0.29, 0.717) is 18.0 Å². The number of anilines is 1. The molecule has 6 heteroatoms. The second-order valence-electron chi connectivity index (χ2n) is 3.66. The third-order valence-electron chi connectivity index (χ3n) is 2.23. The minimum atomic E-state index is -0.318. The van der Waals surface area contributed by atoms with E-state index >= 15 is 0 Å². The van der Waals surface area contributed by atoms with Crippen molar-refractivity contribution >= 4 is 11.9 Å². The van der Waals surface area contributed by atoms with Crippen LogP contribution in [0.4, 0.5) is 6.01 Å². The first kappa shape index (κ1) is 12.8. The van der Waals surface area contributed by atoms with Gasteiger partial charge < -0.3 is 10.2 Å². The maximum absolute atomic E-state index is 11.9. The van der Waals surface area contributed by atoms with Gasteiger partial charge in [0.2, 0.25) is 5.89 Å². The molecule has 1 heterocycles. The van der Waals surface area contributed by atoms with Gasteiger partial charge in [0, 0.05) is 18.1 Å². The molecule has 0 aliphatic carbocycles. The SMILES string of the molecule is Cc1nnc(NC(=O)c2ccc(C#CCN)cc2)o1. The number of nitrogens with zero attached hydrogens (tertiary/aromatic N) is 2. The molecular weight excluding hydrogens is 244 g/mol. The summed E-state index contributed by atoms with van der Waals surface area (Å²) in [6.07, 6.45) is 0. The average molecular weight is 256 g/mol.